The number of halogens is 2. The van der Waals surface area contributed by atoms with E-state index >= 15 is 0 Å². The topological polar surface area (TPSA) is 71.5 Å². The molecule has 0 amide bonds. The smallest absolute Gasteiger partial charge is 0.219 e. The Balaban J connectivity index is 0.00000110. The van der Waals surface area contributed by atoms with Crippen molar-refractivity contribution in [2.24, 2.45) is 0 Å². The van der Waals surface area contributed by atoms with Crippen LogP contribution in [0.3, 0.4) is 0 Å². The van der Waals surface area contributed by atoms with Crippen LogP contribution < -0.4 is 15.0 Å². The molecule has 0 spiro atoms. The molecule has 6 nitrogen and oxygen atoms in total. The van der Waals surface area contributed by atoms with Crippen molar-refractivity contribution in [2.45, 2.75) is 6.54 Å². The minimum Gasteiger partial charge on any atom is -0.476 e. The van der Waals surface area contributed by atoms with Crippen molar-refractivity contribution < 1.29 is 13.2 Å². The van der Waals surface area contributed by atoms with Crippen molar-refractivity contribution in [3.05, 3.63) is 17.7 Å². The second-order valence-electron chi connectivity index (χ2n) is 4.80. The van der Waals surface area contributed by atoms with Gasteiger partial charge in [-0.25, -0.2) is 8.42 Å². The Morgan fingerprint density at radius 2 is 1.90 bits per heavy atom. The summed E-state index contributed by atoms with van der Waals surface area (Å²) in [5.74, 6) is 1.87. The number of nitrogens with one attached hydrogen (secondary N) is 1. The second kappa shape index (κ2) is 7.49. The molecule has 21 heavy (non-hydrogen) atoms. The lowest BCUT2D eigenvalue weighted by Gasteiger charge is -2.28. The van der Waals surface area contributed by atoms with Gasteiger partial charge in [0.1, 0.15) is 12.4 Å². The van der Waals surface area contributed by atoms with E-state index in [2.05, 4.69) is 10.3 Å². The fourth-order valence-corrected chi connectivity index (χ4v) is 3.48. The van der Waals surface area contributed by atoms with E-state index in [4.69, 9.17) is 4.74 Å². The van der Waals surface area contributed by atoms with Gasteiger partial charge in [0.2, 0.25) is 5.88 Å². The first-order chi connectivity index (χ1) is 9.14. The zero-order chi connectivity index (χ0) is 13.3. The number of hydrogen-bond donors (Lipinski definition) is 1. The molecule has 0 saturated carbocycles. The average molecular weight is 356 g/mol. The monoisotopic (exact) mass is 355 g/mol. The Morgan fingerprint density at radius 1 is 1.19 bits per heavy atom. The fraction of sp³-hybridized carbons (Fsp3) is 0.583. The van der Waals surface area contributed by atoms with Crippen LogP contribution in [0.4, 0.5) is 5.82 Å². The maximum atomic E-state index is 11.4. The molecular formula is C12H19Cl2N3O3S. The van der Waals surface area contributed by atoms with Crippen LogP contribution in [0, 0.1) is 0 Å². The molecule has 3 rings (SSSR count). The van der Waals surface area contributed by atoms with E-state index in [0.29, 0.717) is 25.6 Å². The average Bonchev–Trinajstić information content (AvgIpc) is 2.63. The van der Waals surface area contributed by atoms with Crippen molar-refractivity contribution in [2.75, 3.05) is 42.6 Å². The van der Waals surface area contributed by atoms with E-state index in [1.807, 2.05) is 17.0 Å². The highest BCUT2D eigenvalue weighted by molar-refractivity contribution is 7.91. The van der Waals surface area contributed by atoms with Crippen LogP contribution in [0.25, 0.3) is 0 Å². The number of pyridine rings is 1. The first-order valence-electron chi connectivity index (χ1n) is 6.43. The van der Waals surface area contributed by atoms with Crippen molar-refractivity contribution in [3.8, 4) is 5.88 Å². The summed E-state index contributed by atoms with van der Waals surface area (Å²) >= 11 is 0. The summed E-state index contributed by atoms with van der Waals surface area (Å²) in [6.45, 7) is 3.20. The third-order valence-electron chi connectivity index (χ3n) is 3.43. The van der Waals surface area contributed by atoms with E-state index in [0.717, 1.165) is 24.5 Å². The quantitative estimate of drug-likeness (QED) is 0.797. The largest absolute Gasteiger partial charge is 0.476 e. The highest BCUT2D eigenvalue weighted by Gasteiger charge is 2.23. The lowest BCUT2D eigenvalue weighted by Crippen LogP contribution is -2.40. The maximum absolute atomic E-state index is 11.4. The number of anilines is 1. The first kappa shape index (κ1) is 18.3. The number of hydrogen-bond acceptors (Lipinski definition) is 6. The molecule has 2 aliphatic heterocycles. The Labute approximate surface area is 137 Å². The number of nitrogens with zero attached hydrogens (tertiary/aromatic N) is 2. The summed E-state index contributed by atoms with van der Waals surface area (Å²) in [4.78, 5) is 6.52. The van der Waals surface area contributed by atoms with E-state index in [1.54, 1.807) is 0 Å². The molecule has 1 saturated heterocycles. The molecular weight excluding hydrogens is 337 g/mol. The molecule has 120 valence electrons. The number of aromatic nitrogens is 1. The van der Waals surface area contributed by atoms with Gasteiger partial charge < -0.3 is 15.0 Å². The number of sulfone groups is 1. The lowest BCUT2D eigenvalue weighted by atomic mass is 10.2. The van der Waals surface area contributed by atoms with Crippen molar-refractivity contribution in [1.29, 1.82) is 0 Å². The molecule has 0 aromatic carbocycles. The molecule has 1 fully saturated rings. The van der Waals surface area contributed by atoms with Crippen LogP contribution >= 0.6 is 24.8 Å². The maximum Gasteiger partial charge on any atom is 0.219 e. The molecule has 1 aromatic rings. The summed E-state index contributed by atoms with van der Waals surface area (Å²) in [7, 11) is -2.86. The third kappa shape index (κ3) is 4.35. The van der Waals surface area contributed by atoms with Gasteiger partial charge in [-0.1, -0.05) is 0 Å². The van der Waals surface area contributed by atoms with Gasteiger partial charge >= 0.3 is 0 Å². The summed E-state index contributed by atoms with van der Waals surface area (Å²) < 4.78 is 28.5. The van der Waals surface area contributed by atoms with E-state index < -0.39 is 9.84 Å². The SMILES string of the molecule is Cl.Cl.O=S1(=O)CCN(c2ccc3c(n2)OCCNC3)CC1. The molecule has 0 aliphatic carbocycles. The number of fused-ring (bicyclic) bond motifs is 1. The van der Waals surface area contributed by atoms with Crippen molar-refractivity contribution in [1.82, 2.24) is 10.3 Å². The van der Waals surface area contributed by atoms with Gasteiger partial charge in [0.25, 0.3) is 0 Å². The molecule has 0 atom stereocenters. The summed E-state index contributed by atoms with van der Waals surface area (Å²) in [5.41, 5.74) is 1.05. The zero-order valence-electron chi connectivity index (χ0n) is 11.4. The van der Waals surface area contributed by atoms with E-state index in [9.17, 15) is 8.42 Å². The fourth-order valence-electron chi connectivity index (χ4n) is 2.28. The highest BCUT2D eigenvalue weighted by Crippen LogP contribution is 2.23. The number of rotatable bonds is 1. The van der Waals surface area contributed by atoms with Crippen LogP contribution in [0.5, 0.6) is 5.88 Å². The van der Waals surface area contributed by atoms with E-state index in [1.165, 1.54) is 0 Å². The van der Waals surface area contributed by atoms with Crippen LogP contribution in [0.15, 0.2) is 12.1 Å². The highest BCUT2D eigenvalue weighted by atomic mass is 35.5. The Morgan fingerprint density at radius 3 is 2.62 bits per heavy atom. The Hall–Kier alpha value is -0.760. The molecule has 0 unspecified atom stereocenters. The predicted molar refractivity (Wildman–Crippen MR) is 86.8 cm³/mol. The molecule has 0 bridgehead atoms. The summed E-state index contributed by atoms with van der Waals surface area (Å²) in [6, 6.07) is 3.94. The summed E-state index contributed by atoms with van der Waals surface area (Å²) in [6.07, 6.45) is 0. The molecule has 3 heterocycles. The van der Waals surface area contributed by atoms with Gasteiger partial charge in [0, 0.05) is 31.7 Å². The number of ether oxygens (including phenoxy) is 1. The first-order valence-corrected chi connectivity index (χ1v) is 8.25. The molecule has 1 aromatic heterocycles. The third-order valence-corrected chi connectivity index (χ3v) is 5.04. The van der Waals surface area contributed by atoms with Gasteiger partial charge in [0.15, 0.2) is 9.84 Å². The van der Waals surface area contributed by atoms with Crippen LogP contribution in [-0.2, 0) is 16.4 Å². The normalized spacial score (nSPS) is 20.1. The van der Waals surface area contributed by atoms with Gasteiger partial charge in [-0.2, -0.15) is 4.98 Å². The summed E-state index contributed by atoms with van der Waals surface area (Å²) in [5, 5.41) is 3.26. The zero-order valence-corrected chi connectivity index (χ0v) is 13.9. The van der Waals surface area contributed by atoms with Gasteiger partial charge in [-0.3, -0.25) is 0 Å². The van der Waals surface area contributed by atoms with Crippen molar-refractivity contribution in [3.63, 3.8) is 0 Å². The standard InChI is InChI=1S/C12H17N3O3S.2ClH/c16-19(17)7-4-15(5-8-19)11-2-1-10-9-13-3-6-18-12(10)14-11;;/h1-2,13H,3-9H2;2*1H. The molecule has 2 aliphatic rings. The molecule has 1 N–H and O–H groups in total. The van der Waals surface area contributed by atoms with Crippen LogP contribution in [0.2, 0.25) is 0 Å². The van der Waals surface area contributed by atoms with E-state index in [-0.39, 0.29) is 36.3 Å². The van der Waals surface area contributed by atoms with Gasteiger partial charge in [-0.15, -0.1) is 24.8 Å². The van der Waals surface area contributed by atoms with Crippen LogP contribution in [0.1, 0.15) is 5.56 Å². The van der Waals surface area contributed by atoms with Gasteiger partial charge in [0.05, 0.1) is 11.5 Å². The Kier molecular flexibility index (Phi) is 6.52. The van der Waals surface area contributed by atoms with Gasteiger partial charge in [-0.05, 0) is 12.1 Å². The molecule has 9 heteroatoms. The van der Waals surface area contributed by atoms with Crippen molar-refractivity contribution >= 4 is 40.5 Å². The van der Waals surface area contributed by atoms with Crippen LogP contribution in [-0.4, -0.2) is 51.1 Å². The molecule has 0 radical (unpaired) electrons. The minimum atomic E-state index is -2.86. The Bertz CT molecular complexity index is 569. The second-order valence-corrected chi connectivity index (χ2v) is 7.10. The lowest BCUT2D eigenvalue weighted by molar-refractivity contribution is 0.314. The minimum absolute atomic E-state index is 0. The predicted octanol–water partition coefficient (Wildman–Crippen LogP) is 0.642.